The smallest absolute Gasteiger partial charge is 0.320 e. The molecule has 0 saturated carbocycles. The number of carbonyl (C=O) groups is 2. The fourth-order valence-electron chi connectivity index (χ4n) is 2.98. The van der Waals surface area contributed by atoms with Crippen molar-refractivity contribution in [1.82, 2.24) is 15.1 Å². The largest absolute Gasteiger partial charge is 0.354 e. The fourth-order valence-corrected chi connectivity index (χ4v) is 2.98. The van der Waals surface area contributed by atoms with Crippen molar-refractivity contribution < 1.29 is 14.0 Å². The Balaban J connectivity index is 1.44. The lowest BCUT2D eigenvalue weighted by Crippen LogP contribution is -2.40. The summed E-state index contributed by atoms with van der Waals surface area (Å²) in [6, 6.07) is 16.1. The number of halogens is 1. The number of hydrogen-bond acceptors (Lipinski definition) is 2. The highest BCUT2D eigenvalue weighted by atomic mass is 19.1. The third kappa shape index (κ3) is 4.59. The third-order valence-corrected chi connectivity index (χ3v) is 4.41. The van der Waals surface area contributed by atoms with Crippen LogP contribution in [0.25, 0.3) is 0 Å². The molecule has 2 aromatic rings. The van der Waals surface area contributed by atoms with Crippen LogP contribution in [-0.2, 0) is 17.8 Å². The maximum atomic E-state index is 13.7. The first-order valence-corrected chi connectivity index (χ1v) is 8.71. The van der Waals surface area contributed by atoms with E-state index < -0.39 is 0 Å². The molecule has 5 nitrogen and oxygen atoms in total. The van der Waals surface area contributed by atoms with E-state index in [1.807, 2.05) is 30.3 Å². The van der Waals surface area contributed by atoms with Gasteiger partial charge in [0.15, 0.2) is 0 Å². The van der Waals surface area contributed by atoms with E-state index in [4.69, 9.17) is 0 Å². The van der Waals surface area contributed by atoms with Gasteiger partial charge < -0.3 is 15.1 Å². The first kappa shape index (κ1) is 17.9. The standard InChI is InChI=1S/C20H22FN3O2/c21-18-9-5-4-8-17(18)14-23-12-13-24(20(23)26)15-19(25)22-11-10-16-6-2-1-3-7-16/h1-9H,10-15H2,(H,22,25). The van der Waals surface area contributed by atoms with Gasteiger partial charge in [-0.3, -0.25) is 4.79 Å². The summed E-state index contributed by atoms with van der Waals surface area (Å²) in [5.41, 5.74) is 1.64. The van der Waals surface area contributed by atoms with Crippen LogP contribution in [0.4, 0.5) is 9.18 Å². The maximum absolute atomic E-state index is 13.7. The summed E-state index contributed by atoms with van der Waals surface area (Å²) in [6.45, 7) is 1.74. The van der Waals surface area contributed by atoms with E-state index in [-0.39, 0.29) is 30.8 Å². The number of benzene rings is 2. The number of nitrogens with zero attached hydrogens (tertiary/aromatic N) is 2. The highest BCUT2D eigenvalue weighted by Crippen LogP contribution is 2.15. The lowest BCUT2D eigenvalue weighted by molar-refractivity contribution is -0.121. The molecule has 0 spiro atoms. The van der Waals surface area contributed by atoms with Crippen molar-refractivity contribution in [3.05, 3.63) is 71.5 Å². The Morgan fingerprint density at radius 3 is 2.46 bits per heavy atom. The lowest BCUT2D eigenvalue weighted by Gasteiger charge is -2.18. The number of rotatable bonds is 7. The van der Waals surface area contributed by atoms with E-state index in [0.29, 0.717) is 25.2 Å². The van der Waals surface area contributed by atoms with Crippen molar-refractivity contribution in [1.29, 1.82) is 0 Å². The van der Waals surface area contributed by atoms with Gasteiger partial charge in [0, 0.05) is 25.2 Å². The minimum absolute atomic E-state index is 0.0292. The average Bonchev–Trinajstić information content (AvgIpc) is 2.98. The summed E-state index contributed by atoms with van der Waals surface area (Å²) in [5.74, 6) is -0.501. The molecule has 0 aromatic heterocycles. The van der Waals surface area contributed by atoms with Gasteiger partial charge in [-0.15, -0.1) is 0 Å². The number of hydrogen-bond donors (Lipinski definition) is 1. The molecule has 1 heterocycles. The van der Waals surface area contributed by atoms with E-state index in [9.17, 15) is 14.0 Å². The summed E-state index contributed by atoms with van der Waals surface area (Å²) in [5, 5.41) is 2.84. The van der Waals surface area contributed by atoms with Crippen LogP contribution < -0.4 is 5.32 Å². The van der Waals surface area contributed by atoms with Crippen molar-refractivity contribution in [3.63, 3.8) is 0 Å². The molecule has 0 aliphatic carbocycles. The molecular formula is C20H22FN3O2. The first-order valence-electron chi connectivity index (χ1n) is 8.71. The van der Waals surface area contributed by atoms with Gasteiger partial charge >= 0.3 is 6.03 Å². The quantitative estimate of drug-likeness (QED) is 0.829. The van der Waals surface area contributed by atoms with Gasteiger partial charge in [0.25, 0.3) is 0 Å². The Morgan fingerprint density at radius 1 is 1.00 bits per heavy atom. The van der Waals surface area contributed by atoms with E-state index in [2.05, 4.69) is 5.32 Å². The van der Waals surface area contributed by atoms with E-state index in [0.717, 1.165) is 12.0 Å². The Kier molecular flexibility index (Phi) is 5.84. The monoisotopic (exact) mass is 355 g/mol. The molecule has 1 aliphatic heterocycles. The Bertz CT molecular complexity index is 767. The molecule has 1 aliphatic rings. The van der Waals surface area contributed by atoms with Crippen molar-refractivity contribution in [3.8, 4) is 0 Å². The number of carbonyl (C=O) groups excluding carboxylic acids is 2. The molecular weight excluding hydrogens is 333 g/mol. The van der Waals surface area contributed by atoms with E-state index >= 15 is 0 Å². The van der Waals surface area contributed by atoms with Crippen LogP contribution in [0.3, 0.4) is 0 Å². The molecule has 1 fully saturated rings. The predicted octanol–water partition coefficient (Wildman–Crippen LogP) is 2.42. The molecule has 6 heteroatoms. The van der Waals surface area contributed by atoms with E-state index in [1.54, 1.807) is 23.1 Å². The maximum Gasteiger partial charge on any atom is 0.320 e. The lowest BCUT2D eigenvalue weighted by atomic mass is 10.1. The highest BCUT2D eigenvalue weighted by Gasteiger charge is 2.30. The zero-order valence-corrected chi connectivity index (χ0v) is 14.5. The zero-order chi connectivity index (χ0) is 18.4. The number of urea groups is 1. The molecule has 0 bridgehead atoms. The van der Waals surface area contributed by atoms with Crippen LogP contribution in [0, 0.1) is 5.82 Å². The molecule has 136 valence electrons. The fraction of sp³-hybridized carbons (Fsp3) is 0.300. The second kappa shape index (κ2) is 8.47. The van der Waals surface area contributed by atoms with Crippen LogP contribution in [0.5, 0.6) is 0 Å². The van der Waals surface area contributed by atoms with Crippen LogP contribution >= 0.6 is 0 Å². The first-order chi connectivity index (χ1) is 12.6. The number of nitrogens with one attached hydrogen (secondary N) is 1. The van der Waals surface area contributed by atoms with Gasteiger partial charge in [0.2, 0.25) is 5.91 Å². The van der Waals surface area contributed by atoms with Crippen molar-refractivity contribution >= 4 is 11.9 Å². The van der Waals surface area contributed by atoms with Gasteiger partial charge in [-0.25, -0.2) is 9.18 Å². The Morgan fingerprint density at radius 2 is 1.69 bits per heavy atom. The SMILES string of the molecule is O=C(CN1CCN(Cc2ccccc2F)C1=O)NCCc1ccccc1. The predicted molar refractivity (Wildman–Crippen MR) is 96.9 cm³/mol. The van der Waals surface area contributed by atoms with Crippen LogP contribution in [0.1, 0.15) is 11.1 Å². The van der Waals surface area contributed by atoms with Gasteiger partial charge in [-0.2, -0.15) is 0 Å². The van der Waals surface area contributed by atoms with Crippen LogP contribution in [-0.4, -0.2) is 47.9 Å². The topological polar surface area (TPSA) is 52.7 Å². The minimum Gasteiger partial charge on any atom is -0.354 e. The molecule has 1 N–H and O–H groups in total. The Hall–Kier alpha value is -2.89. The van der Waals surface area contributed by atoms with Crippen LogP contribution in [0.2, 0.25) is 0 Å². The molecule has 26 heavy (non-hydrogen) atoms. The Labute approximate surface area is 152 Å². The molecule has 0 unspecified atom stereocenters. The second-order valence-corrected chi connectivity index (χ2v) is 6.30. The van der Waals surface area contributed by atoms with Gasteiger partial charge in [0.1, 0.15) is 12.4 Å². The van der Waals surface area contributed by atoms with Gasteiger partial charge in [0.05, 0.1) is 6.54 Å². The average molecular weight is 355 g/mol. The van der Waals surface area contributed by atoms with Crippen molar-refractivity contribution in [2.75, 3.05) is 26.2 Å². The van der Waals surface area contributed by atoms with Gasteiger partial charge in [-0.05, 0) is 18.1 Å². The minimum atomic E-state index is -0.322. The van der Waals surface area contributed by atoms with Crippen molar-refractivity contribution in [2.24, 2.45) is 0 Å². The molecule has 2 aromatic carbocycles. The summed E-state index contributed by atoms with van der Waals surface area (Å²) in [7, 11) is 0. The molecule has 0 atom stereocenters. The third-order valence-electron chi connectivity index (χ3n) is 4.41. The molecule has 3 rings (SSSR count). The van der Waals surface area contributed by atoms with Crippen LogP contribution in [0.15, 0.2) is 54.6 Å². The zero-order valence-electron chi connectivity index (χ0n) is 14.5. The highest BCUT2D eigenvalue weighted by molar-refractivity contribution is 5.85. The molecule has 0 radical (unpaired) electrons. The summed E-state index contributed by atoms with van der Waals surface area (Å²) in [4.78, 5) is 27.5. The summed E-state index contributed by atoms with van der Waals surface area (Å²) < 4.78 is 13.7. The normalized spacial score (nSPS) is 14.0. The van der Waals surface area contributed by atoms with E-state index in [1.165, 1.54) is 11.0 Å². The molecule has 3 amide bonds. The van der Waals surface area contributed by atoms with Crippen molar-refractivity contribution in [2.45, 2.75) is 13.0 Å². The summed E-state index contributed by atoms with van der Waals surface area (Å²) in [6.07, 6.45) is 0.750. The molecule has 1 saturated heterocycles. The number of amides is 3. The summed E-state index contributed by atoms with van der Waals surface area (Å²) >= 11 is 0. The second-order valence-electron chi connectivity index (χ2n) is 6.30. The van der Waals surface area contributed by atoms with Gasteiger partial charge in [-0.1, -0.05) is 48.5 Å².